The molecule has 0 aromatic carbocycles. The molecule has 0 radical (unpaired) electrons. The van der Waals surface area contributed by atoms with Crippen LogP contribution in [0.1, 0.15) is 265 Å². The first-order chi connectivity index (χ1) is 28.3. The Morgan fingerprint density at radius 2 is 1.00 bits per heavy atom. The lowest BCUT2D eigenvalue weighted by molar-refractivity contribution is -0.145. The lowest BCUT2D eigenvalue weighted by atomic mass is 9.95. The molecule has 0 aliphatic carbocycles. The number of thioether (sulfide) groups is 1. The summed E-state index contributed by atoms with van der Waals surface area (Å²) in [5, 5.41) is 3.65. The summed E-state index contributed by atoms with van der Waals surface area (Å²) in [5.74, 6) is 4.46. The molecule has 0 aromatic heterocycles. The van der Waals surface area contributed by atoms with Crippen LogP contribution in [0, 0.1) is 17.8 Å². The van der Waals surface area contributed by atoms with Gasteiger partial charge >= 0.3 is 5.97 Å². The van der Waals surface area contributed by atoms with Gasteiger partial charge in [-0.2, -0.15) is 11.8 Å². The van der Waals surface area contributed by atoms with E-state index < -0.39 is 0 Å². The topological polar surface area (TPSA) is 67.9 Å². The summed E-state index contributed by atoms with van der Waals surface area (Å²) in [6.45, 7) is 21.6. The van der Waals surface area contributed by atoms with Gasteiger partial charge in [0.25, 0.3) is 0 Å². The van der Waals surface area contributed by atoms with Crippen molar-refractivity contribution in [3.63, 3.8) is 0 Å². The minimum Gasteiger partial charge on any atom is -0.465 e. The summed E-state index contributed by atoms with van der Waals surface area (Å²) in [4.78, 5) is 22.6. The Hall–Kier alpha value is -0.630. The van der Waals surface area contributed by atoms with E-state index in [4.69, 9.17) is 14.3 Å². The van der Waals surface area contributed by atoms with Crippen molar-refractivity contribution in [2.24, 2.45) is 17.8 Å². The minimum absolute atomic E-state index is 0. The smallest absolute Gasteiger partial charge is 0.305 e. The molecule has 6 nitrogen and oxygen atoms in total. The molecule has 0 amide bonds. The molecule has 384 valence electrons. The van der Waals surface area contributed by atoms with Gasteiger partial charge in [-0.05, 0) is 114 Å². The summed E-state index contributed by atoms with van der Waals surface area (Å²) in [5.41, 5.74) is 0. The maximum absolute atomic E-state index is 12.4. The monoisotopic (exact) mass is 909 g/mol. The molecule has 0 aliphatic rings. The van der Waals surface area contributed by atoms with E-state index in [2.05, 4.69) is 77.6 Å². The van der Waals surface area contributed by atoms with Crippen LogP contribution in [0.5, 0.6) is 0 Å². The number of unbranched alkanes of at least 4 members (excludes halogenated alkanes) is 18. The highest BCUT2D eigenvalue weighted by Gasteiger charge is 2.13. The number of carbonyl (C=O) groups is 2. The van der Waals surface area contributed by atoms with Gasteiger partial charge in [-0.25, -0.2) is 0 Å². The van der Waals surface area contributed by atoms with Gasteiger partial charge in [-0.15, -0.1) is 0 Å². The summed E-state index contributed by atoms with van der Waals surface area (Å²) in [7, 11) is 4.17. The number of hydrogen-bond donors (Lipinski definition) is 1. The van der Waals surface area contributed by atoms with Crippen molar-refractivity contribution < 1.29 is 20.5 Å². The van der Waals surface area contributed by atoms with Crippen LogP contribution < -0.4 is 5.32 Å². The largest absolute Gasteiger partial charge is 0.465 e. The zero-order valence-electron chi connectivity index (χ0n) is 40.8. The zero-order chi connectivity index (χ0) is 43.6. The molecule has 0 fully saturated rings. The van der Waals surface area contributed by atoms with Crippen molar-refractivity contribution in [2.75, 3.05) is 65.1 Å². The first-order valence-electron chi connectivity index (χ1n) is 25.3. The minimum atomic E-state index is 0. The number of nitrogens with zero attached hydrogens (tertiary/aromatic N) is 1. The Balaban J connectivity index is -0.000000355. The van der Waals surface area contributed by atoms with Crippen LogP contribution in [0.25, 0.3) is 0 Å². The molecular formula is C55H124N2O4S. The quantitative estimate of drug-likeness (QED) is 0.0482. The Bertz CT molecular complexity index is 766. The number of esters is 1. The fourth-order valence-corrected chi connectivity index (χ4v) is 8.41. The Morgan fingerprint density at radius 1 is 0.581 bits per heavy atom. The second-order valence-electron chi connectivity index (χ2n) is 17.7. The Labute approximate surface area is 400 Å². The molecule has 3 unspecified atom stereocenters. The highest BCUT2D eigenvalue weighted by atomic mass is 32.2. The van der Waals surface area contributed by atoms with Crippen molar-refractivity contribution in [1.82, 2.24) is 10.2 Å². The van der Waals surface area contributed by atoms with Crippen molar-refractivity contribution >= 4 is 24.5 Å². The van der Waals surface area contributed by atoms with Crippen LogP contribution in [-0.2, 0) is 19.1 Å². The van der Waals surface area contributed by atoms with Gasteiger partial charge in [0.2, 0.25) is 0 Å². The van der Waals surface area contributed by atoms with E-state index in [-0.39, 0.29) is 37.1 Å². The molecule has 0 aromatic rings. The molecule has 62 heavy (non-hydrogen) atoms. The lowest BCUT2D eigenvalue weighted by Crippen LogP contribution is -2.23. The van der Waals surface area contributed by atoms with Crippen molar-refractivity contribution in [1.29, 1.82) is 0 Å². The zero-order valence-corrected chi connectivity index (χ0v) is 41.6. The maximum atomic E-state index is 12.4. The first kappa shape index (κ1) is 75.7. The van der Waals surface area contributed by atoms with E-state index in [0.717, 1.165) is 51.5 Å². The average molecular weight is 910 g/mol. The van der Waals surface area contributed by atoms with Crippen LogP contribution in [0.4, 0.5) is 0 Å². The SMILES string of the molecule is C.C.C.C.C=O.CCCCCCCCC(CCCCCC)COCCCSCC(C)CNCCCCCC(=O)OCC(CCCCCC)CCCCCCCC.CCCN(C)C.[HH]. The van der Waals surface area contributed by atoms with Gasteiger partial charge < -0.3 is 24.5 Å². The number of rotatable bonds is 44. The molecule has 7 heteroatoms. The summed E-state index contributed by atoms with van der Waals surface area (Å²) in [6, 6.07) is 0. The van der Waals surface area contributed by atoms with Gasteiger partial charge in [-0.3, -0.25) is 4.79 Å². The second-order valence-corrected chi connectivity index (χ2v) is 18.8. The van der Waals surface area contributed by atoms with Crippen LogP contribution in [0.15, 0.2) is 0 Å². The molecule has 0 aliphatic heterocycles. The molecule has 0 spiro atoms. The second kappa shape index (κ2) is 67.0. The van der Waals surface area contributed by atoms with Gasteiger partial charge in [0.15, 0.2) is 0 Å². The lowest BCUT2D eigenvalue weighted by Gasteiger charge is -2.17. The highest BCUT2D eigenvalue weighted by Crippen LogP contribution is 2.21. The predicted octanol–water partition coefficient (Wildman–Crippen LogP) is 17.7. The van der Waals surface area contributed by atoms with Crippen LogP contribution in [-0.4, -0.2) is 82.7 Å². The highest BCUT2D eigenvalue weighted by molar-refractivity contribution is 7.99. The Morgan fingerprint density at radius 3 is 1.44 bits per heavy atom. The van der Waals surface area contributed by atoms with Crippen molar-refractivity contribution in [3.05, 3.63) is 0 Å². The summed E-state index contributed by atoms with van der Waals surface area (Å²) in [6.07, 6.45) is 38.4. The van der Waals surface area contributed by atoms with Gasteiger partial charge in [-0.1, -0.05) is 206 Å². The molecule has 1 N–H and O–H groups in total. The third-order valence-corrected chi connectivity index (χ3v) is 12.5. The molecule has 3 atom stereocenters. The fourth-order valence-electron chi connectivity index (χ4n) is 7.40. The number of ether oxygens (including phenoxy) is 2. The van der Waals surface area contributed by atoms with Crippen molar-refractivity contribution in [3.8, 4) is 0 Å². The van der Waals surface area contributed by atoms with E-state index in [9.17, 15) is 4.79 Å². The number of carbonyl (C=O) groups excluding carboxylic acids is 2. The molecule has 0 rings (SSSR count). The summed E-state index contributed by atoms with van der Waals surface area (Å²) < 4.78 is 12.0. The van der Waals surface area contributed by atoms with Crippen LogP contribution >= 0.6 is 11.8 Å². The molecule has 0 heterocycles. The molecular weight excluding hydrogens is 785 g/mol. The fraction of sp³-hybridized carbons (Fsp3) is 0.964. The standard InChI is InChI=1S/C45H91NO3S.C5H13N.CH2O.4CH4.H2/c1-6-10-14-18-20-25-31-43(30-23-16-12-8-3)39-48-36-29-37-50-41-42(5)38-46-35-28-22-27-34-45(47)49-40-44(32-24-17-13-9-4)33-26-21-19-15-11-7-2;1-4-5-6(2)3;1-2;;;;;/h42-44,46H,6-41H2,1-5H3;4-5H2,1-3H3;1H2;4*1H4;1H. The van der Waals surface area contributed by atoms with E-state index in [1.807, 2.05) is 6.79 Å². The molecule has 0 saturated carbocycles. The third kappa shape index (κ3) is 66.0. The number of hydrogen-bond acceptors (Lipinski definition) is 7. The van der Waals surface area contributed by atoms with Gasteiger partial charge in [0.1, 0.15) is 6.79 Å². The van der Waals surface area contributed by atoms with Gasteiger partial charge in [0.05, 0.1) is 6.61 Å². The van der Waals surface area contributed by atoms with Gasteiger partial charge in [0, 0.05) is 21.1 Å². The molecule has 0 saturated heterocycles. The molecule has 0 bridgehead atoms. The third-order valence-electron chi connectivity index (χ3n) is 11.1. The summed E-state index contributed by atoms with van der Waals surface area (Å²) >= 11 is 2.09. The normalized spacial score (nSPS) is 11.9. The van der Waals surface area contributed by atoms with Crippen LogP contribution in [0.2, 0.25) is 0 Å². The Kier molecular flexibility index (Phi) is 81.7. The number of nitrogens with one attached hydrogen (secondary N) is 1. The van der Waals surface area contributed by atoms with E-state index in [1.54, 1.807) is 0 Å². The van der Waals surface area contributed by atoms with Crippen molar-refractivity contribution in [2.45, 2.75) is 264 Å². The van der Waals surface area contributed by atoms with E-state index in [1.165, 1.54) is 185 Å². The van der Waals surface area contributed by atoms with E-state index in [0.29, 0.717) is 24.9 Å². The average Bonchev–Trinajstić information content (AvgIpc) is 3.22. The predicted molar refractivity (Wildman–Crippen MR) is 290 cm³/mol. The first-order valence-corrected chi connectivity index (χ1v) is 26.4. The maximum Gasteiger partial charge on any atom is 0.305 e. The van der Waals surface area contributed by atoms with E-state index >= 15 is 0 Å². The van der Waals surface area contributed by atoms with Crippen LogP contribution in [0.3, 0.4) is 0 Å².